The first kappa shape index (κ1) is 15.8. The molecule has 2 heterocycles. The SMILES string of the molecule is CCNCc1ccc(S(=O)(=O)N2CCCSCC2)nc1. The molecule has 1 N–H and O–H groups in total. The molecule has 1 aliphatic heterocycles. The largest absolute Gasteiger partial charge is 0.313 e. The molecule has 5 nitrogen and oxygen atoms in total. The van der Waals surface area contributed by atoms with Crippen LogP contribution >= 0.6 is 11.8 Å². The molecule has 20 heavy (non-hydrogen) atoms. The van der Waals surface area contributed by atoms with Crippen LogP contribution in [0.15, 0.2) is 23.4 Å². The van der Waals surface area contributed by atoms with Gasteiger partial charge >= 0.3 is 0 Å². The zero-order valence-electron chi connectivity index (χ0n) is 11.7. The third-order valence-corrected chi connectivity index (χ3v) is 6.03. The summed E-state index contributed by atoms with van der Waals surface area (Å²) in [6.07, 6.45) is 2.55. The minimum atomic E-state index is -3.43. The van der Waals surface area contributed by atoms with Gasteiger partial charge in [0.05, 0.1) is 0 Å². The topological polar surface area (TPSA) is 62.3 Å². The number of hydrogen-bond acceptors (Lipinski definition) is 5. The summed E-state index contributed by atoms with van der Waals surface area (Å²) in [5.41, 5.74) is 0.997. The molecule has 1 aromatic rings. The van der Waals surface area contributed by atoms with Crippen LogP contribution < -0.4 is 5.32 Å². The van der Waals surface area contributed by atoms with E-state index in [0.717, 1.165) is 30.0 Å². The molecule has 112 valence electrons. The fraction of sp³-hybridized carbons (Fsp3) is 0.615. The Morgan fingerprint density at radius 2 is 2.20 bits per heavy atom. The fourth-order valence-electron chi connectivity index (χ4n) is 2.03. The second-order valence-electron chi connectivity index (χ2n) is 4.66. The van der Waals surface area contributed by atoms with Crippen LogP contribution in [-0.4, -0.2) is 48.8 Å². The smallest absolute Gasteiger partial charge is 0.260 e. The van der Waals surface area contributed by atoms with Crippen molar-refractivity contribution in [2.45, 2.75) is 24.9 Å². The van der Waals surface area contributed by atoms with Gasteiger partial charge < -0.3 is 5.32 Å². The third kappa shape index (κ3) is 3.94. The summed E-state index contributed by atoms with van der Waals surface area (Å²) in [5, 5.41) is 3.35. The van der Waals surface area contributed by atoms with Crippen molar-refractivity contribution in [2.75, 3.05) is 31.1 Å². The highest BCUT2D eigenvalue weighted by Gasteiger charge is 2.26. The Balaban J connectivity index is 2.12. The van der Waals surface area contributed by atoms with Crippen LogP contribution in [0.5, 0.6) is 0 Å². The fourth-order valence-corrected chi connectivity index (χ4v) is 4.43. The Kier molecular flexibility index (Phi) is 5.83. The van der Waals surface area contributed by atoms with Crippen LogP contribution in [-0.2, 0) is 16.6 Å². The monoisotopic (exact) mass is 315 g/mol. The highest BCUT2D eigenvalue weighted by atomic mass is 32.2. The lowest BCUT2D eigenvalue weighted by Gasteiger charge is -2.19. The van der Waals surface area contributed by atoms with Crippen LogP contribution in [0.3, 0.4) is 0 Å². The number of sulfonamides is 1. The van der Waals surface area contributed by atoms with Gasteiger partial charge in [0.2, 0.25) is 0 Å². The van der Waals surface area contributed by atoms with E-state index in [1.54, 1.807) is 16.6 Å². The summed E-state index contributed by atoms with van der Waals surface area (Å²) in [6, 6.07) is 3.44. The lowest BCUT2D eigenvalue weighted by molar-refractivity contribution is 0.432. The van der Waals surface area contributed by atoms with Crippen molar-refractivity contribution >= 4 is 21.8 Å². The molecule has 1 aliphatic rings. The zero-order chi connectivity index (χ0) is 14.4. The van der Waals surface area contributed by atoms with E-state index >= 15 is 0 Å². The number of pyridine rings is 1. The highest BCUT2D eigenvalue weighted by Crippen LogP contribution is 2.18. The summed E-state index contributed by atoms with van der Waals surface area (Å²) in [7, 11) is -3.43. The van der Waals surface area contributed by atoms with Crippen molar-refractivity contribution in [3.8, 4) is 0 Å². The van der Waals surface area contributed by atoms with Gasteiger partial charge in [0.25, 0.3) is 10.0 Å². The summed E-state index contributed by atoms with van der Waals surface area (Å²) in [4.78, 5) is 4.13. The minimum absolute atomic E-state index is 0.157. The first-order valence-electron chi connectivity index (χ1n) is 6.88. The van der Waals surface area contributed by atoms with Gasteiger partial charge in [0, 0.05) is 31.6 Å². The van der Waals surface area contributed by atoms with Crippen LogP contribution in [0.4, 0.5) is 0 Å². The van der Waals surface area contributed by atoms with E-state index in [0.29, 0.717) is 19.6 Å². The Labute approximate surface area is 125 Å². The van der Waals surface area contributed by atoms with E-state index in [9.17, 15) is 8.42 Å². The van der Waals surface area contributed by atoms with Gasteiger partial charge in [-0.3, -0.25) is 0 Å². The lowest BCUT2D eigenvalue weighted by atomic mass is 10.3. The number of nitrogens with zero attached hydrogens (tertiary/aromatic N) is 2. The van der Waals surface area contributed by atoms with Crippen molar-refractivity contribution in [3.05, 3.63) is 23.9 Å². The summed E-state index contributed by atoms with van der Waals surface area (Å²) < 4.78 is 26.6. The molecule has 1 fully saturated rings. The van der Waals surface area contributed by atoms with Crippen molar-refractivity contribution in [2.24, 2.45) is 0 Å². The average molecular weight is 315 g/mol. The van der Waals surface area contributed by atoms with Gasteiger partial charge in [-0.05, 0) is 30.3 Å². The third-order valence-electron chi connectivity index (χ3n) is 3.16. The standard InChI is InChI=1S/C13H21N3O2S2/c1-2-14-10-12-4-5-13(15-11-12)20(17,18)16-6-3-8-19-9-7-16/h4-5,11,14H,2-3,6-10H2,1H3. The predicted octanol–water partition coefficient (Wildman–Crippen LogP) is 1.32. The van der Waals surface area contributed by atoms with Crippen LogP contribution in [0.2, 0.25) is 0 Å². The summed E-state index contributed by atoms with van der Waals surface area (Å²) >= 11 is 1.81. The van der Waals surface area contributed by atoms with Gasteiger partial charge in [0.1, 0.15) is 0 Å². The zero-order valence-corrected chi connectivity index (χ0v) is 13.3. The molecular formula is C13H21N3O2S2. The Hall–Kier alpha value is -0.630. The lowest BCUT2D eigenvalue weighted by Crippen LogP contribution is -2.33. The second-order valence-corrected chi connectivity index (χ2v) is 7.76. The van der Waals surface area contributed by atoms with Crippen molar-refractivity contribution in [3.63, 3.8) is 0 Å². The van der Waals surface area contributed by atoms with E-state index in [-0.39, 0.29) is 5.03 Å². The molecule has 0 spiro atoms. The van der Waals surface area contributed by atoms with Crippen LogP contribution in [0.1, 0.15) is 18.9 Å². The van der Waals surface area contributed by atoms with Gasteiger partial charge in [-0.2, -0.15) is 16.1 Å². The molecule has 0 radical (unpaired) electrons. The Morgan fingerprint density at radius 1 is 1.35 bits per heavy atom. The number of rotatable bonds is 5. The van der Waals surface area contributed by atoms with Gasteiger partial charge in [0.15, 0.2) is 5.03 Å². The maximum absolute atomic E-state index is 12.5. The molecular weight excluding hydrogens is 294 g/mol. The Bertz CT molecular complexity index is 509. The Morgan fingerprint density at radius 3 is 2.90 bits per heavy atom. The molecule has 0 aromatic carbocycles. The van der Waals surface area contributed by atoms with E-state index < -0.39 is 10.0 Å². The van der Waals surface area contributed by atoms with E-state index in [4.69, 9.17) is 0 Å². The number of nitrogens with one attached hydrogen (secondary N) is 1. The molecule has 0 bridgehead atoms. The van der Waals surface area contributed by atoms with Crippen molar-refractivity contribution in [1.82, 2.24) is 14.6 Å². The number of aromatic nitrogens is 1. The van der Waals surface area contributed by atoms with E-state index in [2.05, 4.69) is 10.3 Å². The number of thioether (sulfide) groups is 1. The van der Waals surface area contributed by atoms with Gasteiger partial charge in [-0.15, -0.1) is 0 Å². The molecule has 0 aliphatic carbocycles. The maximum atomic E-state index is 12.5. The first-order chi connectivity index (χ1) is 9.64. The normalized spacial score (nSPS) is 17.9. The first-order valence-corrected chi connectivity index (χ1v) is 9.47. The highest BCUT2D eigenvalue weighted by molar-refractivity contribution is 7.99. The molecule has 0 amide bonds. The maximum Gasteiger partial charge on any atom is 0.260 e. The van der Waals surface area contributed by atoms with Gasteiger partial charge in [-0.1, -0.05) is 13.0 Å². The average Bonchev–Trinajstić information content (AvgIpc) is 2.75. The molecule has 0 unspecified atom stereocenters. The van der Waals surface area contributed by atoms with E-state index in [1.165, 1.54) is 0 Å². The molecule has 0 atom stereocenters. The predicted molar refractivity (Wildman–Crippen MR) is 82.3 cm³/mol. The van der Waals surface area contributed by atoms with Crippen LogP contribution in [0, 0.1) is 0 Å². The molecule has 2 rings (SSSR count). The molecule has 7 heteroatoms. The summed E-state index contributed by atoms with van der Waals surface area (Å²) in [5.74, 6) is 1.89. The minimum Gasteiger partial charge on any atom is -0.313 e. The molecule has 0 saturated carbocycles. The number of hydrogen-bond donors (Lipinski definition) is 1. The molecule has 1 aromatic heterocycles. The van der Waals surface area contributed by atoms with Crippen molar-refractivity contribution in [1.29, 1.82) is 0 Å². The molecule has 1 saturated heterocycles. The second kappa shape index (κ2) is 7.40. The van der Waals surface area contributed by atoms with E-state index in [1.807, 2.05) is 24.8 Å². The van der Waals surface area contributed by atoms with Gasteiger partial charge in [-0.25, -0.2) is 13.4 Å². The van der Waals surface area contributed by atoms with Crippen LogP contribution in [0.25, 0.3) is 0 Å². The quantitative estimate of drug-likeness (QED) is 0.888. The summed E-state index contributed by atoms with van der Waals surface area (Å²) in [6.45, 7) is 4.79. The van der Waals surface area contributed by atoms with Crippen molar-refractivity contribution < 1.29 is 8.42 Å².